The highest BCUT2D eigenvalue weighted by Crippen LogP contribution is 2.35. The van der Waals surface area contributed by atoms with Gasteiger partial charge in [-0.25, -0.2) is 9.97 Å². The molecule has 1 amide bonds. The number of pyridine rings is 2. The summed E-state index contributed by atoms with van der Waals surface area (Å²) in [5.41, 5.74) is 2.50. The summed E-state index contributed by atoms with van der Waals surface area (Å²) in [6.07, 6.45) is 0.839. The molecule has 0 aromatic carbocycles. The Labute approximate surface area is 147 Å². The van der Waals surface area contributed by atoms with Crippen molar-refractivity contribution in [2.45, 2.75) is 31.4 Å². The molecule has 0 radical (unpaired) electrons. The van der Waals surface area contributed by atoms with Gasteiger partial charge in [-0.3, -0.25) is 4.79 Å². The number of aromatic amines is 1. The first-order chi connectivity index (χ1) is 12.4. The number of likely N-dealkylation sites (tertiary alicyclic amines) is 1. The molecule has 1 aliphatic heterocycles. The number of fused-ring (bicyclic) bond motifs is 3. The first-order valence-corrected chi connectivity index (χ1v) is 8.47. The molecule has 0 saturated carbocycles. The molecular formula is C18H17F3N4O. The van der Waals surface area contributed by atoms with Crippen LogP contribution in [0, 0.1) is 0 Å². The smallest absolute Gasteiger partial charge is 0.360 e. The number of rotatable bonds is 2. The van der Waals surface area contributed by atoms with Crippen molar-refractivity contribution < 1.29 is 18.0 Å². The minimum atomic E-state index is -4.47. The molecule has 1 fully saturated rings. The minimum absolute atomic E-state index is 0.0152. The molecule has 0 aliphatic carbocycles. The van der Waals surface area contributed by atoms with Crippen LogP contribution in [0.25, 0.3) is 21.9 Å². The van der Waals surface area contributed by atoms with E-state index >= 15 is 0 Å². The van der Waals surface area contributed by atoms with Crippen LogP contribution < -0.4 is 0 Å². The molecule has 4 rings (SSSR count). The van der Waals surface area contributed by atoms with E-state index in [1.807, 2.05) is 12.1 Å². The van der Waals surface area contributed by atoms with Gasteiger partial charge >= 0.3 is 6.18 Å². The second-order valence-corrected chi connectivity index (χ2v) is 6.63. The van der Waals surface area contributed by atoms with Gasteiger partial charge in [-0.15, -0.1) is 0 Å². The van der Waals surface area contributed by atoms with Crippen molar-refractivity contribution in [1.29, 1.82) is 0 Å². The van der Waals surface area contributed by atoms with E-state index in [-0.39, 0.29) is 5.92 Å². The average molecular weight is 362 g/mol. The zero-order valence-electron chi connectivity index (χ0n) is 13.9. The Morgan fingerprint density at radius 2 is 2.15 bits per heavy atom. The van der Waals surface area contributed by atoms with Crippen LogP contribution in [0.3, 0.4) is 0 Å². The second kappa shape index (κ2) is 6.26. The van der Waals surface area contributed by atoms with E-state index in [0.717, 1.165) is 28.3 Å². The fraction of sp³-hybridized carbons (Fsp3) is 0.389. The van der Waals surface area contributed by atoms with Gasteiger partial charge in [0, 0.05) is 42.2 Å². The highest BCUT2D eigenvalue weighted by molar-refractivity contribution is 6.05. The van der Waals surface area contributed by atoms with Crippen LogP contribution in [0.5, 0.6) is 0 Å². The number of nitrogens with zero attached hydrogens (tertiary/aromatic N) is 3. The third-order valence-corrected chi connectivity index (χ3v) is 4.89. The summed E-state index contributed by atoms with van der Waals surface area (Å²) in [5.74, 6) is -0.866. The number of hydrogen-bond donors (Lipinski definition) is 1. The summed E-state index contributed by atoms with van der Waals surface area (Å²) in [6.45, 7) is 0.670. The normalized spacial score (nSPS) is 18.6. The standard InChI is InChI=1S/C18H17F3N4O/c19-18(20,21)8-15(26)25-7-1-2-11(10-25)12-3-5-22-14-9-24-17-13(16(12)14)4-6-23-17/h3-6,9,11,22H,1-2,7-8,10H2. The quantitative estimate of drug-likeness (QED) is 0.755. The van der Waals surface area contributed by atoms with E-state index in [4.69, 9.17) is 0 Å². The Morgan fingerprint density at radius 1 is 1.31 bits per heavy atom. The SMILES string of the molecule is O=C(CC(F)(F)F)N1CCCC(c2cc[nH]c3cnc4nccc4c23)C1. The molecular weight excluding hydrogens is 345 g/mol. The van der Waals surface area contributed by atoms with Crippen molar-refractivity contribution >= 4 is 27.8 Å². The number of carbonyl (C=O) groups is 1. The van der Waals surface area contributed by atoms with Gasteiger partial charge in [0.05, 0.1) is 11.7 Å². The van der Waals surface area contributed by atoms with Crippen LogP contribution in [0.2, 0.25) is 0 Å². The maximum Gasteiger partial charge on any atom is 0.397 e. The number of nitrogens with one attached hydrogen (secondary N) is 1. The number of amides is 1. The molecule has 1 saturated heterocycles. The summed E-state index contributed by atoms with van der Waals surface area (Å²) in [4.78, 5) is 25.0. The molecule has 4 heterocycles. The van der Waals surface area contributed by atoms with E-state index < -0.39 is 18.5 Å². The fourth-order valence-electron chi connectivity index (χ4n) is 3.77. The van der Waals surface area contributed by atoms with Crippen molar-refractivity contribution in [2.75, 3.05) is 13.1 Å². The Kier molecular flexibility index (Phi) is 4.05. The van der Waals surface area contributed by atoms with Crippen LogP contribution in [0.15, 0.2) is 30.7 Å². The predicted octanol–water partition coefficient (Wildman–Crippen LogP) is 3.77. The lowest BCUT2D eigenvalue weighted by Gasteiger charge is -2.33. The van der Waals surface area contributed by atoms with Crippen LogP contribution in [-0.4, -0.2) is 45.0 Å². The van der Waals surface area contributed by atoms with Crippen LogP contribution in [0.4, 0.5) is 13.2 Å². The first kappa shape index (κ1) is 16.8. The van der Waals surface area contributed by atoms with Crippen LogP contribution in [0.1, 0.15) is 30.7 Å². The number of aromatic nitrogens is 3. The predicted molar refractivity (Wildman–Crippen MR) is 90.6 cm³/mol. The lowest BCUT2D eigenvalue weighted by molar-refractivity contribution is -0.162. The van der Waals surface area contributed by atoms with Gasteiger partial charge < -0.3 is 9.88 Å². The van der Waals surface area contributed by atoms with Crippen molar-refractivity contribution in [2.24, 2.45) is 0 Å². The number of hydrogen-bond acceptors (Lipinski definition) is 3. The van der Waals surface area contributed by atoms with E-state index in [9.17, 15) is 18.0 Å². The highest BCUT2D eigenvalue weighted by Gasteiger charge is 2.35. The van der Waals surface area contributed by atoms with Crippen molar-refractivity contribution in [3.8, 4) is 0 Å². The van der Waals surface area contributed by atoms with E-state index in [1.54, 1.807) is 18.6 Å². The maximum absolute atomic E-state index is 12.6. The zero-order chi connectivity index (χ0) is 18.3. The molecule has 1 unspecified atom stereocenters. The van der Waals surface area contributed by atoms with Gasteiger partial charge in [-0.2, -0.15) is 13.2 Å². The number of H-pyrrole nitrogens is 1. The largest absolute Gasteiger partial charge is 0.397 e. The Balaban J connectivity index is 1.69. The number of piperidine rings is 1. The Morgan fingerprint density at radius 3 is 2.96 bits per heavy atom. The van der Waals surface area contributed by atoms with Crippen molar-refractivity contribution in [1.82, 2.24) is 19.9 Å². The van der Waals surface area contributed by atoms with Crippen LogP contribution in [-0.2, 0) is 4.79 Å². The van der Waals surface area contributed by atoms with Gasteiger partial charge in [0.15, 0.2) is 5.65 Å². The minimum Gasteiger partial charge on any atom is -0.360 e. The molecule has 8 heteroatoms. The molecule has 26 heavy (non-hydrogen) atoms. The number of alkyl halides is 3. The average Bonchev–Trinajstić information content (AvgIpc) is 3.09. The van der Waals surface area contributed by atoms with Crippen molar-refractivity contribution in [3.63, 3.8) is 0 Å². The second-order valence-electron chi connectivity index (χ2n) is 6.63. The zero-order valence-corrected chi connectivity index (χ0v) is 13.9. The van der Waals surface area contributed by atoms with Gasteiger partial charge in [-0.05, 0) is 30.5 Å². The van der Waals surface area contributed by atoms with E-state index in [0.29, 0.717) is 25.2 Å². The Hall–Kier alpha value is -2.64. The Bertz CT molecular complexity index is 966. The van der Waals surface area contributed by atoms with Gasteiger partial charge in [0.1, 0.15) is 6.42 Å². The monoisotopic (exact) mass is 362 g/mol. The van der Waals surface area contributed by atoms with Gasteiger partial charge in [0.2, 0.25) is 5.91 Å². The maximum atomic E-state index is 12.6. The lowest BCUT2D eigenvalue weighted by atomic mass is 9.88. The van der Waals surface area contributed by atoms with Crippen LogP contribution >= 0.6 is 0 Å². The molecule has 1 atom stereocenters. The first-order valence-electron chi connectivity index (χ1n) is 8.47. The highest BCUT2D eigenvalue weighted by atomic mass is 19.4. The lowest BCUT2D eigenvalue weighted by Crippen LogP contribution is -2.40. The topological polar surface area (TPSA) is 61.9 Å². The molecule has 0 bridgehead atoms. The van der Waals surface area contributed by atoms with Gasteiger partial charge in [0.25, 0.3) is 0 Å². The van der Waals surface area contributed by atoms with Gasteiger partial charge in [-0.1, -0.05) is 0 Å². The number of carbonyl (C=O) groups excluding carboxylic acids is 1. The summed E-state index contributed by atoms with van der Waals surface area (Å²) in [5, 5.41) is 1.89. The molecule has 1 aliphatic rings. The summed E-state index contributed by atoms with van der Waals surface area (Å²) in [7, 11) is 0. The fourth-order valence-corrected chi connectivity index (χ4v) is 3.77. The summed E-state index contributed by atoms with van der Waals surface area (Å²) < 4.78 is 37.7. The molecule has 5 nitrogen and oxygen atoms in total. The molecule has 3 aromatic heterocycles. The van der Waals surface area contributed by atoms with Crippen molar-refractivity contribution in [3.05, 3.63) is 36.3 Å². The molecule has 1 N–H and O–H groups in total. The molecule has 3 aromatic rings. The third-order valence-electron chi connectivity index (χ3n) is 4.89. The molecule has 0 spiro atoms. The molecule has 136 valence electrons. The third kappa shape index (κ3) is 3.11. The number of halogens is 3. The van der Waals surface area contributed by atoms with E-state index in [1.165, 1.54) is 4.90 Å². The summed E-state index contributed by atoms with van der Waals surface area (Å²) in [6, 6.07) is 3.83. The summed E-state index contributed by atoms with van der Waals surface area (Å²) >= 11 is 0. The van der Waals surface area contributed by atoms with E-state index in [2.05, 4.69) is 15.0 Å².